The van der Waals surface area contributed by atoms with E-state index in [0.717, 1.165) is 36.9 Å². The number of benzene rings is 1. The van der Waals surface area contributed by atoms with Gasteiger partial charge in [0.15, 0.2) is 0 Å². The number of carboxylic acids is 1. The van der Waals surface area contributed by atoms with E-state index in [2.05, 4.69) is 16.7 Å². The monoisotopic (exact) mass is 296 g/mol. The second-order valence-corrected chi connectivity index (χ2v) is 5.66. The lowest BCUT2D eigenvalue weighted by Gasteiger charge is -2.39. The van der Waals surface area contributed by atoms with Gasteiger partial charge in [0.05, 0.1) is 10.7 Å². The molecule has 0 radical (unpaired) electrons. The van der Waals surface area contributed by atoms with Crippen LogP contribution in [0.3, 0.4) is 0 Å². The van der Waals surface area contributed by atoms with E-state index in [-0.39, 0.29) is 6.42 Å². The van der Waals surface area contributed by atoms with Crippen LogP contribution in [0.25, 0.3) is 0 Å². The summed E-state index contributed by atoms with van der Waals surface area (Å²) in [6.45, 7) is 5.87. The average molecular weight is 297 g/mol. The van der Waals surface area contributed by atoms with Crippen LogP contribution in [-0.2, 0) is 4.79 Å². The highest BCUT2D eigenvalue weighted by Gasteiger charge is 2.22. The molecule has 1 unspecified atom stereocenters. The topological polar surface area (TPSA) is 43.8 Å². The van der Waals surface area contributed by atoms with E-state index in [1.807, 2.05) is 24.3 Å². The first-order chi connectivity index (χ1) is 9.58. The van der Waals surface area contributed by atoms with Crippen molar-refractivity contribution < 1.29 is 9.90 Å². The molecule has 1 aromatic carbocycles. The summed E-state index contributed by atoms with van der Waals surface area (Å²) < 4.78 is 0. The third-order valence-corrected chi connectivity index (χ3v) is 4.23. The molecule has 110 valence electrons. The smallest absolute Gasteiger partial charge is 0.303 e. The van der Waals surface area contributed by atoms with Gasteiger partial charge in [-0.05, 0) is 25.5 Å². The van der Waals surface area contributed by atoms with Gasteiger partial charge < -0.3 is 10.0 Å². The Morgan fingerprint density at radius 3 is 2.55 bits per heavy atom. The zero-order valence-corrected chi connectivity index (χ0v) is 12.5. The summed E-state index contributed by atoms with van der Waals surface area (Å²) in [5, 5.41) is 9.53. The highest BCUT2D eigenvalue weighted by atomic mass is 35.5. The van der Waals surface area contributed by atoms with Crippen molar-refractivity contribution in [2.24, 2.45) is 0 Å². The quantitative estimate of drug-likeness (QED) is 0.907. The number of piperazine rings is 1. The molecule has 1 aliphatic heterocycles. The molecule has 1 fully saturated rings. The maximum absolute atomic E-state index is 10.6. The molecule has 0 bridgehead atoms. The fourth-order valence-corrected chi connectivity index (χ4v) is 2.88. The first-order valence-corrected chi connectivity index (χ1v) is 7.41. The van der Waals surface area contributed by atoms with E-state index < -0.39 is 5.97 Å². The maximum atomic E-state index is 10.6. The van der Waals surface area contributed by atoms with E-state index in [4.69, 9.17) is 16.7 Å². The Balaban J connectivity index is 1.86. The van der Waals surface area contributed by atoms with Crippen LogP contribution in [0.15, 0.2) is 24.3 Å². The van der Waals surface area contributed by atoms with E-state index in [1.165, 1.54) is 0 Å². The Morgan fingerprint density at radius 2 is 1.95 bits per heavy atom. The number of carbonyl (C=O) groups is 1. The van der Waals surface area contributed by atoms with Crippen LogP contribution in [0.1, 0.15) is 19.8 Å². The second-order valence-electron chi connectivity index (χ2n) is 5.26. The minimum absolute atomic E-state index is 0.242. The first-order valence-electron chi connectivity index (χ1n) is 7.03. The first kappa shape index (κ1) is 15.1. The van der Waals surface area contributed by atoms with E-state index in [1.54, 1.807) is 0 Å². The molecule has 0 spiro atoms. The number of nitrogens with zero attached hydrogens (tertiary/aromatic N) is 2. The molecule has 20 heavy (non-hydrogen) atoms. The lowest BCUT2D eigenvalue weighted by atomic mass is 10.1. The summed E-state index contributed by atoms with van der Waals surface area (Å²) in [6, 6.07) is 8.23. The molecule has 0 aromatic heterocycles. The Kier molecular flexibility index (Phi) is 5.26. The number of hydrogen-bond acceptors (Lipinski definition) is 3. The number of halogens is 1. The van der Waals surface area contributed by atoms with Crippen molar-refractivity contribution in [3.05, 3.63) is 29.3 Å². The molecule has 4 nitrogen and oxygen atoms in total. The standard InChI is InChI=1S/C15H21ClN2O2/c1-12(6-7-15(19)20)17-8-10-18(11-9-17)14-5-3-2-4-13(14)16/h2-5,12H,6-11H2,1H3,(H,19,20). The predicted octanol–water partition coefficient (Wildman–Crippen LogP) is 2.72. The molecule has 1 N–H and O–H groups in total. The Morgan fingerprint density at radius 1 is 1.30 bits per heavy atom. The summed E-state index contributed by atoms with van der Waals surface area (Å²) in [5.41, 5.74) is 1.09. The summed E-state index contributed by atoms with van der Waals surface area (Å²) in [5.74, 6) is -0.716. The Hall–Kier alpha value is -1.26. The second kappa shape index (κ2) is 6.95. The molecule has 0 saturated carbocycles. The number of aliphatic carboxylic acids is 1. The minimum atomic E-state index is -0.716. The Bertz CT molecular complexity index is 459. The van der Waals surface area contributed by atoms with Crippen molar-refractivity contribution in [3.8, 4) is 0 Å². The summed E-state index contributed by atoms with van der Waals surface area (Å²) in [6.07, 6.45) is 0.952. The average Bonchev–Trinajstić information content (AvgIpc) is 2.45. The summed E-state index contributed by atoms with van der Waals surface area (Å²) in [7, 11) is 0. The van der Waals surface area contributed by atoms with Gasteiger partial charge in [-0.3, -0.25) is 9.69 Å². The molecule has 1 heterocycles. The van der Waals surface area contributed by atoms with Crippen LogP contribution in [0.5, 0.6) is 0 Å². The van der Waals surface area contributed by atoms with Crippen molar-refractivity contribution in [2.45, 2.75) is 25.8 Å². The molecule has 1 saturated heterocycles. The maximum Gasteiger partial charge on any atom is 0.303 e. The van der Waals surface area contributed by atoms with Crippen molar-refractivity contribution in [2.75, 3.05) is 31.1 Å². The fourth-order valence-electron chi connectivity index (χ4n) is 2.63. The van der Waals surface area contributed by atoms with E-state index in [0.29, 0.717) is 12.5 Å². The number of anilines is 1. The minimum Gasteiger partial charge on any atom is -0.481 e. The van der Waals surface area contributed by atoms with Crippen molar-refractivity contribution in [3.63, 3.8) is 0 Å². The molecule has 1 aromatic rings. The SMILES string of the molecule is CC(CCC(=O)O)N1CCN(c2ccccc2Cl)CC1. The van der Waals surface area contributed by atoms with Crippen LogP contribution < -0.4 is 4.90 Å². The number of hydrogen-bond donors (Lipinski definition) is 1. The zero-order chi connectivity index (χ0) is 14.5. The third-order valence-electron chi connectivity index (χ3n) is 3.91. The molecule has 1 atom stereocenters. The number of rotatable bonds is 5. The zero-order valence-electron chi connectivity index (χ0n) is 11.8. The van der Waals surface area contributed by atoms with Crippen molar-refractivity contribution in [1.29, 1.82) is 0 Å². The van der Waals surface area contributed by atoms with Gasteiger partial charge >= 0.3 is 5.97 Å². The van der Waals surface area contributed by atoms with Gasteiger partial charge in [0, 0.05) is 38.6 Å². The van der Waals surface area contributed by atoms with E-state index in [9.17, 15) is 4.79 Å². The van der Waals surface area contributed by atoms with Gasteiger partial charge in [-0.25, -0.2) is 0 Å². The summed E-state index contributed by atoms with van der Waals surface area (Å²) >= 11 is 6.22. The van der Waals surface area contributed by atoms with Crippen LogP contribution >= 0.6 is 11.6 Å². The molecule has 5 heteroatoms. The van der Waals surface area contributed by atoms with Gasteiger partial charge in [0.2, 0.25) is 0 Å². The largest absolute Gasteiger partial charge is 0.481 e. The third kappa shape index (κ3) is 3.87. The van der Waals surface area contributed by atoms with Crippen LogP contribution in [0, 0.1) is 0 Å². The Labute approximate surface area is 124 Å². The fraction of sp³-hybridized carbons (Fsp3) is 0.533. The lowest BCUT2D eigenvalue weighted by molar-refractivity contribution is -0.137. The molecular weight excluding hydrogens is 276 g/mol. The van der Waals surface area contributed by atoms with Crippen LogP contribution in [0.4, 0.5) is 5.69 Å². The van der Waals surface area contributed by atoms with Crippen molar-refractivity contribution >= 4 is 23.3 Å². The highest BCUT2D eigenvalue weighted by molar-refractivity contribution is 6.33. The van der Waals surface area contributed by atoms with Crippen molar-refractivity contribution in [1.82, 2.24) is 4.90 Å². The highest BCUT2D eigenvalue weighted by Crippen LogP contribution is 2.26. The lowest BCUT2D eigenvalue weighted by Crippen LogP contribution is -2.49. The predicted molar refractivity (Wildman–Crippen MR) is 81.6 cm³/mol. The van der Waals surface area contributed by atoms with Crippen LogP contribution in [-0.4, -0.2) is 48.2 Å². The molecule has 0 aliphatic carbocycles. The van der Waals surface area contributed by atoms with Crippen LogP contribution in [0.2, 0.25) is 5.02 Å². The number of para-hydroxylation sites is 1. The van der Waals surface area contributed by atoms with E-state index >= 15 is 0 Å². The van der Waals surface area contributed by atoms with Gasteiger partial charge in [0.1, 0.15) is 0 Å². The molecule has 0 amide bonds. The summed E-state index contributed by atoms with van der Waals surface area (Å²) in [4.78, 5) is 15.3. The number of carboxylic acid groups (broad SMARTS) is 1. The van der Waals surface area contributed by atoms with Gasteiger partial charge in [-0.15, -0.1) is 0 Å². The molecular formula is C15H21ClN2O2. The normalized spacial score (nSPS) is 18.0. The van der Waals surface area contributed by atoms with Gasteiger partial charge in [-0.2, -0.15) is 0 Å². The van der Waals surface area contributed by atoms with Gasteiger partial charge in [0.25, 0.3) is 0 Å². The van der Waals surface area contributed by atoms with Gasteiger partial charge in [-0.1, -0.05) is 23.7 Å². The molecule has 1 aliphatic rings. The molecule has 2 rings (SSSR count).